The molecule has 1 rings (SSSR count). The van der Waals surface area contributed by atoms with Crippen LogP contribution in [0.15, 0.2) is 12.3 Å². The maximum absolute atomic E-state index is 5.00. The molecule has 0 aromatic carbocycles. The predicted octanol–water partition coefficient (Wildman–Crippen LogP) is 0.404. The Kier molecular flexibility index (Phi) is 3.70. The Morgan fingerprint density at radius 1 is 1.62 bits per heavy atom. The molecule has 0 spiro atoms. The van der Waals surface area contributed by atoms with Gasteiger partial charge in [0.25, 0.3) is 0 Å². The van der Waals surface area contributed by atoms with E-state index in [2.05, 4.69) is 15.7 Å². The first-order valence-electron chi connectivity index (χ1n) is 4.22. The summed E-state index contributed by atoms with van der Waals surface area (Å²) < 4.78 is 1.77. The Labute approximate surface area is 83.3 Å². The van der Waals surface area contributed by atoms with Crippen LogP contribution in [-0.2, 0) is 13.6 Å². The molecule has 0 atom stereocenters. The molecule has 0 saturated heterocycles. The summed E-state index contributed by atoms with van der Waals surface area (Å²) >= 11 is 5.00. The molecule has 0 aliphatic rings. The van der Waals surface area contributed by atoms with Crippen LogP contribution >= 0.6 is 12.2 Å². The van der Waals surface area contributed by atoms with Gasteiger partial charge >= 0.3 is 0 Å². The van der Waals surface area contributed by atoms with Crippen molar-refractivity contribution in [1.29, 1.82) is 0 Å². The summed E-state index contributed by atoms with van der Waals surface area (Å²) in [7, 11) is 1.89. The van der Waals surface area contributed by atoms with Crippen LogP contribution in [0.25, 0.3) is 0 Å². The van der Waals surface area contributed by atoms with E-state index in [0.29, 0.717) is 11.7 Å². The van der Waals surface area contributed by atoms with Crippen LogP contribution in [0.4, 0.5) is 0 Å². The number of aryl methyl sites for hydroxylation is 1. The molecule has 72 valence electrons. The Hall–Kier alpha value is -1.10. The number of rotatable bonds is 3. The van der Waals surface area contributed by atoms with Gasteiger partial charge in [0, 0.05) is 19.8 Å². The van der Waals surface area contributed by atoms with Gasteiger partial charge in [-0.1, -0.05) is 0 Å². The van der Waals surface area contributed by atoms with E-state index in [1.807, 2.05) is 26.2 Å². The van der Waals surface area contributed by atoms with Crippen LogP contribution in [0.3, 0.4) is 0 Å². The van der Waals surface area contributed by atoms with Gasteiger partial charge in [0.1, 0.15) is 0 Å². The third kappa shape index (κ3) is 3.42. The Bertz CT molecular complexity index is 281. The molecule has 0 saturated carbocycles. The fraction of sp³-hybridized carbons (Fsp3) is 0.500. The van der Waals surface area contributed by atoms with E-state index in [1.54, 1.807) is 4.68 Å². The van der Waals surface area contributed by atoms with Crippen LogP contribution in [-0.4, -0.2) is 21.4 Å². The SMILES string of the molecule is CCNC(=S)NCc1ccn(C)n1. The van der Waals surface area contributed by atoms with E-state index in [-0.39, 0.29) is 0 Å². The van der Waals surface area contributed by atoms with Crippen molar-refractivity contribution in [2.24, 2.45) is 7.05 Å². The van der Waals surface area contributed by atoms with E-state index in [9.17, 15) is 0 Å². The third-order valence-electron chi connectivity index (χ3n) is 1.54. The Balaban J connectivity index is 2.30. The lowest BCUT2D eigenvalue weighted by Crippen LogP contribution is -2.34. The molecule has 0 fully saturated rings. The van der Waals surface area contributed by atoms with Crippen molar-refractivity contribution in [2.45, 2.75) is 13.5 Å². The van der Waals surface area contributed by atoms with Gasteiger partial charge in [-0.25, -0.2) is 0 Å². The molecule has 5 heteroatoms. The second kappa shape index (κ2) is 4.81. The largest absolute Gasteiger partial charge is 0.363 e. The molecule has 0 unspecified atom stereocenters. The van der Waals surface area contributed by atoms with Crippen LogP contribution in [0.2, 0.25) is 0 Å². The smallest absolute Gasteiger partial charge is 0.166 e. The average Bonchev–Trinajstić information content (AvgIpc) is 2.49. The summed E-state index contributed by atoms with van der Waals surface area (Å²) in [5.74, 6) is 0. The molecule has 2 N–H and O–H groups in total. The van der Waals surface area contributed by atoms with Crippen LogP contribution in [0.5, 0.6) is 0 Å². The van der Waals surface area contributed by atoms with Crippen molar-refractivity contribution < 1.29 is 0 Å². The monoisotopic (exact) mass is 198 g/mol. The molecule has 4 nitrogen and oxygen atoms in total. The molecule has 0 aliphatic heterocycles. The van der Waals surface area contributed by atoms with E-state index < -0.39 is 0 Å². The summed E-state index contributed by atoms with van der Waals surface area (Å²) in [4.78, 5) is 0. The Morgan fingerprint density at radius 2 is 2.38 bits per heavy atom. The van der Waals surface area contributed by atoms with Gasteiger partial charge < -0.3 is 10.6 Å². The standard InChI is InChI=1S/C8H14N4S/c1-3-9-8(13)10-6-7-4-5-12(2)11-7/h4-5H,3,6H2,1-2H3,(H2,9,10,13). The zero-order chi connectivity index (χ0) is 9.68. The molecule has 1 aromatic heterocycles. The molecular weight excluding hydrogens is 184 g/mol. The zero-order valence-corrected chi connectivity index (χ0v) is 8.69. The summed E-state index contributed by atoms with van der Waals surface area (Å²) in [6, 6.07) is 1.96. The minimum Gasteiger partial charge on any atom is -0.363 e. The van der Waals surface area contributed by atoms with Crippen molar-refractivity contribution in [3.8, 4) is 0 Å². The van der Waals surface area contributed by atoms with Gasteiger partial charge in [-0.2, -0.15) is 5.10 Å². The van der Waals surface area contributed by atoms with E-state index in [1.165, 1.54) is 0 Å². The highest BCUT2D eigenvalue weighted by Crippen LogP contribution is 1.92. The number of nitrogens with one attached hydrogen (secondary N) is 2. The summed E-state index contributed by atoms with van der Waals surface area (Å²) in [6.07, 6.45) is 1.91. The quantitative estimate of drug-likeness (QED) is 0.690. The maximum atomic E-state index is 5.00. The minimum atomic E-state index is 0.673. The lowest BCUT2D eigenvalue weighted by atomic mass is 10.4. The molecule has 0 radical (unpaired) electrons. The van der Waals surface area contributed by atoms with Gasteiger partial charge in [-0.15, -0.1) is 0 Å². The molecular formula is C8H14N4S. The van der Waals surface area contributed by atoms with Crippen LogP contribution < -0.4 is 10.6 Å². The summed E-state index contributed by atoms with van der Waals surface area (Å²) in [5, 5.41) is 10.9. The first-order valence-corrected chi connectivity index (χ1v) is 4.63. The lowest BCUT2D eigenvalue weighted by molar-refractivity contribution is 0.727. The van der Waals surface area contributed by atoms with Crippen molar-refractivity contribution in [1.82, 2.24) is 20.4 Å². The molecule has 1 heterocycles. The predicted molar refractivity (Wildman–Crippen MR) is 56.3 cm³/mol. The van der Waals surface area contributed by atoms with E-state index in [4.69, 9.17) is 12.2 Å². The highest BCUT2D eigenvalue weighted by molar-refractivity contribution is 7.80. The second-order valence-electron chi connectivity index (χ2n) is 2.69. The normalized spacial score (nSPS) is 9.69. The first-order chi connectivity index (χ1) is 6.22. The van der Waals surface area contributed by atoms with Crippen LogP contribution in [0.1, 0.15) is 12.6 Å². The van der Waals surface area contributed by atoms with Gasteiger partial charge in [0.15, 0.2) is 5.11 Å². The minimum absolute atomic E-state index is 0.673. The van der Waals surface area contributed by atoms with Gasteiger partial charge in [0.2, 0.25) is 0 Å². The first kappa shape index (κ1) is 9.98. The number of hydrogen-bond acceptors (Lipinski definition) is 2. The van der Waals surface area contributed by atoms with Crippen molar-refractivity contribution in [2.75, 3.05) is 6.54 Å². The zero-order valence-electron chi connectivity index (χ0n) is 7.87. The van der Waals surface area contributed by atoms with Crippen molar-refractivity contribution >= 4 is 17.3 Å². The topological polar surface area (TPSA) is 41.9 Å². The van der Waals surface area contributed by atoms with E-state index >= 15 is 0 Å². The lowest BCUT2D eigenvalue weighted by Gasteiger charge is -2.06. The molecule has 13 heavy (non-hydrogen) atoms. The molecule has 0 bridgehead atoms. The number of nitrogens with zero attached hydrogens (tertiary/aromatic N) is 2. The summed E-state index contributed by atoms with van der Waals surface area (Å²) in [6.45, 7) is 3.52. The fourth-order valence-corrected chi connectivity index (χ4v) is 1.17. The molecule has 0 amide bonds. The number of hydrogen-bond donors (Lipinski definition) is 2. The highest BCUT2D eigenvalue weighted by atomic mass is 32.1. The maximum Gasteiger partial charge on any atom is 0.166 e. The van der Waals surface area contributed by atoms with E-state index in [0.717, 1.165) is 12.2 Å². The summed E-state index contributed by atoms with van der Waals surface area (Å²) in [5.41, 5.74) is 0.989. The van der Waals surface area contributed by atoms with Crippen molar-refractivity contribution in [3.05, 3.63) is 18.0 Å². The fourth-order valence-electron chi connectivity index (χ4n) is 0.951. The number of thiocarbonyl (C=S) groups is 1. The third-order valence-corrected chi connectivity index (χ3v) is 1.82. The number of aromatic nitrogens is 2. The highest BCUT2D eigenvalue weighted by Gasteiger charge is 1.97. The Morgan fingerprint density at radius 3 is 2.92 bits per heavy atom. The van der Waals surface area contributed by atoms with Gasteiger partial charge in [0.05, 0.1) is 12.2 Å². The second-order valence-corrected chi connectivity index (χ2v) is 3.10. The van der Waals surface area contributed by atoms with Gasteiger partial charge in [-0.05, 0) is 25.2 Å². The molecule has 1 aromatic rings. The van der Waals surface area contributed by atoms with Gasteiger partial charge in [-0.3, -0.25) is 4.68 Å². The van der Waals surface area contributed by atoms with Crippen LogP contribution in [0, 0.1) is 0 Å². The van der Waals surface area contributed by atoms with Crippen molar-refractivity contribution in [3.63, 3.8) is 0 Å². The average molecular weight is 198 g/mol. The molecule has 0 aliphatic carbocycles.